The molecular formula is C12H26N2. The van der Waals surface area contributed by atoms with Crippen molar-refractivity contribution >= 4 is 0 Å². The van der Waals surface area contributed by atoms with Crippen molar-refractivity contribution in [3.05, 3.63) is 0 Å². The Morgan fingerprint density at radius 2 is 2.07 bits per heavy atom. The van der Waals surface area contributed by atoms with E-state index in [4.69, 9.17) is 0 Å². The molecule has 1 aliphatic rings. The smallest absolute Gasteiger partial charge is 0.0110 e. The highest BCUT2D eigenvalue weighted by Gasteiger charge is 2.21. The number of rotatable bonds is 5. The molecule has 2 unspecified atom stereocenters. The van der Waals surface area contributed by atoms with Crippen molar-refractivity contribution in [3.8, 4) is 0 Å². The average Bonchev–Trinajstić information content (AvgIpc) is 2.15. The first-order valence-corrected chi connectivity index (χ1v) is 6.18. The Morgan fingerprint density at radius 1 is 1.29 bits per heavy atom. The third kappa shape index (κ3) is 3.97. The van der Waals surface area contributed by atoms with E-state index in [0.717, 1.165) is 18.5 Å². The van der Waals surface area contributed by atoms with Crippen LogP contribution in [0.25, 0.3) is 0 Å². The van der Waals surface area contributed by atoms with E-state index in [1.165, 1.54) is 38.9 Å². The summed E-state index contributed by atoms with van der Waals surface area (Å²) in [6.45, 7) is 11.8. The molecule has 0 radical (unpaired) electrons. The zero-order valence-electron chi connectivity index (χ0n) is 10.1. The molecule has 0 spiro atoms. The highest BCUT2D eigenvalue weighted by atomic mass is 15.2. The van der Waals surface area contributed by atoms with Crippen LogP contribution in [0.3, 0.4) is 0 Å². The molecule has 2 nitrogen and oxygen atoms in total. The summed E-state index contributed by atoms with van der Waals surface area (Å²) >= 11 is 0. The molecule has 1 saturated heterocycles. The fourth-order valence-electron chi connectivity index (χ4n) is 2.31. The molecule has 0 aromatic carbocycles. The Kier molecular flexibility index (Phi) is 5.49. The Bertz CT molecular complexity index is 147. The molecule has 0 aliphatic carbocycles. The lowest BCUT2D eigenvalue weighted by Crippen LogP contribution is -2.43. The van der Waals surface area contributed by atoms with Gasteiger partial charge in [0.25, 0.3) is 0 Å². The maximum absolute atomic E-state index is 3.47. The lowest BCUT2D eigenvalue weighted by atomic mass is 9.93. The van der Waals surface area contributed by atoms with Gasteiger partial charge in [0.2, 0.25) is 0 Å². The van der Waals surface area contributed by atoms with Crippen molar-refractivity contribution in [2.75, 3.05) is 26.2 Å². The largest absolute Gasteiger partial charge is 0.315 e. The second kappa shape index (κ2) is 6.41. The summed E-state index contributed by atoms with van der Waals surface area (Å²) < 4.78 is 0. The molecule has 0 saturated carbocycles. The lowest BCUT2D eigenvalue weighted by molar-refractivity contribution is 0.130. The minimum Gasteiger partial charge on any atom is -0.315 e. The van der Waals surface area contributed by atoms with E-state index in [0.29, 0.717) is 0 Å². The molecule has 0 aromatic rings. The van der Waals surface area contributed by atoms with E-state index in [2.05, 4.69) is 31.0 Å². The first-order chi connectivity index (χ1) is 6.74. The molecule has 14 heavy (non-hydrogen) atoms. The maximum Gasteiger partial charge on any atom is 0.0110 e. The molecule has 0 bridgehead atoms. The predicted molar refractivity (Wildman–Crippen MR) is 62.6 cm³/mol. The van der Waals surface area contributed by atoms with Crippen LogP contribution in [0.4, 0.5) is 0 Å². The van der Waals surface area contributed by atoms with Crippen molar-refractivity contribution in [2.24, 2.45) is 5.92 Å². The number of nitrogens with zero attached hydrogens (tertiary/aromatic N) is 1. The van der Waals surface area contributed by atoms with Crippen LogP contribution in [-0.2, 0) is 0 Å². The summed E-state index contributed by atoms with van der Waals surface area (Å²) in [5, 5.41) is 3.47. The molecule has 0 aromatic heterocycles. The molecule has 2 heteroatoms. The number of hydrogen-bond donors (Lipinski definition) is 1. The van der Waals surface area contributed by atoms with Crippen LogP contribution in [-0.4, -0.2) is 37.1 Å². The second-order valence-electron chi connectivity index (χ2n) is 4.76. The van der Waals surface area contributed by atoms with Crippen LogP contribution in [0.5, 0.6) is 0 Å². The van der Waals surface area contributed by atoms with Crippen molar-refractivity contribution in [2.45, 2.75) is 46.1 Å². The van der Waals surface area contributed by atoms with Crippen LogP contribution in [0.15, 0.2) is 0 Å². The minimum absolute atomic E-state index is 0.794. The van der Waals surface area contributed by atoms with Crippen molar-refractivity contribution in [3.63, 3.8) is 0 Å². The van der Waals surface area contributed by atoms with Gasteiger partial charge in [0.15, 0.2) is 0 Å². The molecule has 1 rings (SSSR count). The summed E-state index contributed by atoms with van der Waals surface area (Å²) in [5.74, 6) is 0.935. The zero-order chi connectivity index (χ0) is 10.4. The normalized spacial score (nSPS) is 29.4. The van der Waals surface area contributed by atoms with Gasteiger partial charge in [-0.3, -0.25) is 4.90 Å². The van der Waals surface area contributed by atoms with Gasteiger partial charge in [-0.15, -0.1) is 0 Å². The van der Waals surface area contributed by atoms with Crippen LogP contribution in [0, 0.1) is 5.92 Å². The summed E-state index contributed by atoms with van der Waals surface area (Å²) in [5.41, 5.74) is 0. The standard InChI is InChI=1S/C12H26N2/c1-4-6-13-7-9-14-8-5-11(2)10-12(14)3/h11-13H,4-10H2,1-3H3. The second-order valence-corrected chi connectivity index (χ2v) is 4.76. The van der Waals surface area contributed by atoms with Gasteiger partial charge in [0, 0.05) is 19.1 Å². The molecule has 1 heterocycles. The van der Waals surface area contributed by atoms with Gasteiger partial charge in [-0.1, -0.05) is 13.8 Å². The predicted octanol–water partition coefficient (Wildman–Crippen LogP) is 2.11. The van der Waals surface area contributed by atoms with Crippen molar-refractivity contribution in [1.82, 2.24) is 10.2 Å². The van der Waals surface area contributed by atoms with Gasteiger partial charge in [-0.05, 0) is 45.2 Å². The Balaban J connectivity index is 2.11. The van der Waals surface area contributed by atoms with E-state index < -0.39 is 0 Å². The SMILES string of the molecule is CCCNCCN1CCC(C)CC1C. The van der Waals surface area contributed by atoms with Gasteiger partial charge < -0.3 is 5.32 Å². The third-order valence-electron chi connectivity index (χ3n) is 3.28. The van der Waals surface area contributed by atoms with Crippen molar-refractivity contribution < 1.29 is 0 Å². The molecule has 1 fully saturated rings. The topological polar surface area (TPSA) is 15.3 Å². The molecule has 2 atom stereocenters. The van der Waals surface area contributed by atoms with Crippen molar-refractivity contribution in [1.29, 1.82) is 0 Å². The van der Waals surface area contributed by atoms with Gasteiger partial charge in [-0.2, -0.15) is 0 Å². The Labute approximate surface area is 89.1 Å². The van der Waals surface area contributed by atoms with Crippen LogP contribution in [0.1, 0.15) is 40.0 Å². The summed E-state index contributed by atoms with van der Waals surface area (Å²) in [7, 11) is 0. The Hall–Kier alpha value is -0.0800. The fourth-order valence-corrected chi connectivity index (χ4v) is 2.31. The third-order valence-corrected chi connectivity index (χ3v) is 3.28. The van der Waals surface area contributed by atoms with E-state index >= 15 is 0 Å². The number of hydrogen-bond acceptors (Lipinski definition) is 2. The highest BCUT2D eigenvalue weighted by Crippen LogP contribution is 2.21. The Morgan fingerprint density at radius 3 is 2.71 bits per heavy atom. The number of nitrogens with one attached hydrogen (secondary N) is 1. The van der Waals surface area contributed by atoms with E-state index in [-0.39, 0.29) is 0 Å². The monoisotopic (exact) mass is 198 g/mol. The molecular weight excluding hydrogens is 172 g/mol. The molecule has 1 aliphatic heterocycles. The minimum atomic E-state index is 0.794. The van der Waals surface area contributed by atoms with Crippen LogP contribution in [0.2, 0.25) is 0 Å². The first-order valence-electron chi connectivity index (χ1n) is 6.18. The average molecular weight is 198 g/mol. The van der Waals surface area contributed by atoms with Gasteiger partial charge in [0.05, 0.1) is 0 Å². The lowest BCUT2D eigenvalue weighted by Gasteiger charge is -2.36. The van der Waals surface area contributed by atoms with Gasteiger partial charge >= 0.3 is 0 Å². The maximum atomic E-state index is 3.47. The zero-order valence-corrected chi connectivity index (χ0v) is 10.1. The van der Waals surface area contributed by atoms with E-state index in [9.17, 15) is 0 Å². The molecule has 84 valence electrons. The first kappa shape index (κ1) is 12.0. The quantitative estimate of drug-likeness (QED) is 0.681. The summed E-state index contributed by atoms with van der Waals surface area (Å²) in [6, 6.07) is 0.794. The molecule has 1 N–H and O–H groups in total. The number of likely N-dealkylation sites (tertiary alicyclic amines) is 1. The van der Waals surface area contributed by atoms with Gasteiger partial charge in [-0.25, -0.2) is 0 Å². The summed E-state index contributed by atoms with van der Waals surface area (Å²) in [6.07, 6.45) is 4.01. The summed E-state index contributed by atoms with van der Waals surface area (Å²) in [4.78, 5) is 2.63. The fraction of sp³-hybridized carbons (Fsp3) is 1.00. The van der Waals surface area contributed by atoms with Crippen LogP contribution >= 0.6 is 0 Å². The van der Waals surface area contributed by atoms with E-state index in [1.807, 2.05) is 0 Å². The number of piperidine rings is 1. The van der Waals surface area contributed by atoms with Crippen LogP contribution < -0.4 is 5.32 Å². The van der Waals surface area contributed by atoms with Gasteiger partial charge in [0.1, 0.15) is 0 Å². The molecule has 0 amide bonds. The van der Waals surface area contributed by atoms with E-state index in [1.54, 1.807) is 0 Å². The highest BCUT2D eigenvalue weighted by molar-refractivity contribution is 4.77.